The Morgan fingerprint density at radius 2 is 1.72 bits per heavy atom. The minimum absolute atomic E-state index is 0.0496. The summed E-state index contributed by atoms with van der Waals surface area (Å²) in [5, 5.41) is 12.3. The standard InChI is InChI=1S/C20H27N3O2/c1-16(13-14-24)23(15-17-9-5-4-6-10-17)20(25)21-18-11-7-8-12-19(18)22(2)3/h4-12,16,24H,13-15H2,1-3H3,(H,21,25). The smallest absolute Gasteiger partial charge is 0.322 e. The zero-order valence-electron chi connectivity index (χ0n) is 15.1. The molecule has 0 radical (unpaired) electrons. The molecule has 25 heavy (non-hydrogen) atoms. The average molecular weight is 341 g/mol. The first-order chi connectivity index (χ1) is 12.0. The summed E-state index contributed by atoms with van der Waals surface area (Å²) < 4.78 is 0. The predicted molar refractivity (Wildman–Crippen MR) is 103 cm³/mol. The normalized spacial score (nSPS) is 11.7. The van der Waals surface area contributed by atoms with Crippen LogP contribution in [0.1, 0.15) is 18.9 Å². The Hall–Kier alpha value is -2.53. The zero-order valence-corrected chi connectivity index (χ0v) is 15.1. The number of aliphatic hydroxyl groups is 1. The van der Waals surface area contributed by atoms with Gasteiger partial charge in [0.1, 0.15) is 0 Å². The molecule has 5 heteroatoms. The van der Waals surface area contributed by atoms with Crippen LogP contribution in [0.2, 0.25) is 0 Å². The lowest BCUT2D eigenvalue weighted by molar-refractivity contribution is 0.169. The summed E-state index contributed by atoms with van der Waals surface area (Å²) in [6, 6.07) is 17.3. The van der Waals surface area contributed by atoms with Crippen molar-refractivity contribution in [2.45, 2.75) is 25.9 Å². The molecule has 1 atom stereocenters. The molecule has 2 aromatic rings. The molecule has 0 aliphatic carbocycles. The molecular formula is C20H27N3O2. The lowest BCUT2D eigenvalue weighted by atomic mass is 10.1. The first-order valence-corrected chi connectivity index (χ1v) is 8.51. The number of hydrogen-bond donors (Lipinski definition) is 2. The fourth-order valence-corrected chi connectivity index (χ4v) is 2.71. The van der Waals surface area contributed by atoms with Gasteiger partial charge < -0.3 is 20.2 Å². The third-order valence-corrected chi connectivity index (χ3v) is 4.16. The van der Waals surface area contributed by atoms with Crippen LogP contribution in [0.15, 0.2) is 54.6 Å². The molecule has 5 nitrogen and oxygen atoms in total. The van der Waals surface area contributed by atoms with Crippen molar-refractivity contribution in [1.29, 1.82) is 0 Å². The lowest BCUT2D eigenvalue weighted by Gasteiger charge is -2.30. The molecule has 2 N–H and O–H groups in total. The van der Waals surface area contributed by atoms with Gasteiger partial charge in [0.15, 0.2) is 0 Å². The number of amides is 2. The first-order valence-electron chi connectivity index (χ1n) is 8.51. The minimum Gasteiger partial charge on any atom is -0.396 e. The Balaban J connectivity index is 2.20. The van der Waals surface area contributed by atoms with Gasteiger partial charge in [0.05, 0.1) is 11.4 Å². The Kier molecular flexibility index (Phi) is 6.83. The molecule has 0 saturated heterocycles. The molecule has 0 aliphatic rings. The van der Waals surface area contributed by atoms with E-state index in [0.29, 0.717) is 13.0 Å². The van der Waals surface area contributed by atoms with Crippen molar-refractivity contribution >= 4 is 17.4 Å². The molecule has 2 aromatic carbocycles. The van der Waals surface area contributed by atoms with Crippen molar-refractivity contribution < 1.29 is 9.90 Å². The maximum absolute atomic E-state index is 12.9. The molecular weight excluding hydrogens is 314 g/mol. The molecule has 0 saturated carbocycles. The van der Waals surface area contributed by atoms with Crippen LogP contribution >= 0.6 is 0 Å². The lowest BCUT2D eigenvalue weighted by Crippen LogP contribution is -2.41. The number of urea groups is 1. The van der Waals surface area contributed by atoms with E-state index in [4.69, 9.17) is 0 Å². The number of nitrogens with zero attached hydrogens (tertiary/aromatic N) is 2. The second-order valence-electron chi connectivity index (χ2n) is 6.32. The van der Waals surface area contributed by atoms with E-state index >= 15 is 0 Å². The summed E-state index contributed by atoms with van der Waals surface area (Å²) in [6.45, 7) is 2.50. The monoisotopic (exact) mass is 341 g/mol. The highest BCUT2D eigenvalue weighted by Crippen LogP contribution is 2.24. The quantitative estimate of drug-likeness (QED) is 0.810. The van der Waals surface area contributed by atoms with Crippen molar-refractivity contribution in [2.75, 3.05) is 30.9 Å². The highest BCUT2D eigenvalue weighted by atomic mass is 16.3. The van der Waals surface area contributed by atoms with E-state index in [9.17, 15) is 9.90 Å². The molecule has 0 heterocycles. The van der Waals surface area contributed by atoms with Crippen LogP contribution in [0.5, 0.6) is 0 Å². The number of anilines is 2. The molecule has 134 valence electrons. The molecule has 0 bridgehead atoms. The van der Waals surface area contributed by atoms with E-state index in [1.165, 1.54) is 0 Å². The van der Waals surface area contributed by atoms with Gasteiger partial charge >= 0.3 is 6.03 Å². The van der Waals surface area contributed by atoms with Crippen molar-refractivity contribution in [3.63, 3.8) is 0 Å². The van der Waals surface area contributed by atoms with Crippen LogP contribution in [-0.2, 0) is 6.54 Å². The van der Waals surface area contributed by atoms with Crippen LogP contribution < -0.4 is 10.2 Å². The van der Waals surface area contributed by atoms with E-state index in [0.717, 1.165) is 16.9 Å². The second-order valence-corrected chi connectivity index (χ2v) is 6.32. The maximum Gasteiger partial charge on any atom is 0.322 e. The highest BCUT2D eigenvalue weighted by Gasteiger charge is 2.21. The van der Waals surface area contributed by atoms with Gasteiger partial charge in [0.25, 0.3) is 0 Å². The van der Waals surface area contributed by atoms with Crippen LogP contribution in [0.4, 0.5) is 16.2 Å². The van der Waals surface area contributed by atoms with Gasteiger partial charge in [-0.15, -0.1) is 0 Å². The molecule has 1 unspecified atom stereocenters. The highest BCUT2D eigenvalue weighted by molar-refractivity contribution is 5.93. The van der Waals surface area contributed by atoms with Gasteiger partial charge in [-0.05, 0) is 31.0 Å². The summed E-state index contributed by atoms with van der Waals surface area (Å²) in [4.78, 5) is 16.7. The first kappa shape index (κ1) is 18.8. The Bertz CT molecular complexity index is 674. The molecule has 2 amide bonds. The largest absolute Gasteiger partial charge is 0.396 e. The van der Waals surface area contributed by atoms with Crippen molar-refractivity contribution in [1.82, 2.24) is 4.90 Å². The second kappa shape index (κ2) is 9.08. The number of aliphatic hydroxyl groups excluding tert-OH is 1. The predicted octanol–water partition coefficient (Wildman–Crippen LogP) is 3.56. The SMILES string of the molecule is CC(CCO)N(Cc1ccccc1)C(=O)Nc1ccccc1N(C)C. The number of nitrogens with one attached hydrogen (secondary N) is 1. The fraction of sp³-hybridized carbons (Fsp3) is 0.350. The summed E-state index contributed by atoms with van der Waals surface area (Å²) in [7, 11) is 3.89. The summed E-state index contributed by atoms with van der Waals surface area (Å²) in [6.07, 6.45) is 0.537. The summed E-state index contributed by atoms with van der Waals surface area (Å²) in [5.41, 5.74) is 2.78. The van der Waals surface area contributed by atoms with E-state index in [-0.39, 0.29) is 18.7 Å². The Morgan fingerprint density at radius 1 is 1.08 bits per heavy atom. The van der Waals surface area contributed by atoms with Gasteiger partial charge in [0, 0.05) is 33.3 Å². The van der Waals surface area contributed by atoms with E-state index in [1.54, 1.807) is 4.90 Å². The molecule has 0 fully saturated rings. The third-order valence-electron chi connectivity index (χ3n) is 4.16. The topological polar surface area (TPSA) is 55.8 Å². The molecule has 0 aromatic heterocycles. The van der Waals surface area contributed by atoms with Crippen LogP contribution in [-0.4, -0.2) is 42.8 Å². The maximum atomic E-state index is 12.9. The van der Waals surface area contributed by atoms with Crippen LogP contribution in [0.3, 0.4) is 0 Å². The summed E-state index contributed by atoms with van der Waals surface area (Å²) >= 11 is 0. The van der Waals surface area contributed by atoms with Crippen LogP contribution in [0.25, 0.3) is 0 Å². The van der Waals surface area contributed by atoms with Gasteiger partial charge in [-0.1, -0.05) is 42.5 Å². The number of carbonyl (C=O) groups excluding carboxylic acids is 1. The van der Waals surface area contributed by atoms with E-state index in [2.05, 4.69) is 5.32 Å². The van der Waals surface area contributed by atoms with Crippen molar-refractivity contribution in [3.8, 4) is 0 Å². The zero-order chi connectivity index (χ0) is 18.2. The number of para-hydroxylation sites is 2. The van der Waals surface area contributed by atoms with Crippen molar-refractivity contribution in [3.05, 3.63) is 60.2 Å². The van der Waals surface area contributed by atoms with Crippen LogP contribution in [0, 0.1) is 0 Å². The number of carbonyl (C=O) groups is 1. The Morgan fingerprint density at radius 3 is 2.36 bits per heavy atom. The number of hydrogen-bond acceptors (Lipinski definition) is 3. The average Bonchev–Trinajstić information content (AvgIpc) is 2.61. The summed E-state index contributed by atoms with van der Waals surface area (Å²) in [5.74, 6) is 0. The number of rotatable bonds is 7. The van der Waals surface area contributed by atoms with Gasteiger partial charge in [0.2, 0.25) is 0 Å². The number of benzene rings is 2. The van der Waals surface area contributed by atoms with E-state index in [1.807, 2.05) is 80.5 Å². The molecule has 0 spiro atoms. The fourth-order valence-electron chi connectivity index (χ4n) is 2.71. The Labute approximate surface area is 149 Å². The van der Waals surface area contributed by atoms with Gasteiger partial charge in [-0.25, -0.2) is 4.79 Å². The third kappa shape index (κ3) is 5.22. The van der Waals surface area contributed by atoms with Gasteiger partial charge in [-0.2, -0.15) is 0 Å². The van der Waals surface area contributed by atoms with Gasteiger partial charge in [-0.3, -0.25) is 0 Å². The van der Waals surface area contributed by atoms with E-state index < -0.39 is 0 Å². The minimum atomic E-state index is -0.167. The molecule has 0 aliphatic heterocycles. The molecule has 2 rings (SSSR count). The van der Waals surface area contributed by atoms with Crippen molar-refractivity contribution in [2.24, 2.45) is 0 Å².